The van der Waals surface area contributed by atoms with E-state index in [2.05, 4.69) is 14.2 Å². The normalized spacial score (nSPS) is 15.0. The Kier molecular flexibility index (Phi) is 8.22. The molecular weight excluding hydrogens is 497 g/mol. The molecule has 0 amide bonds. The lowest BCUT2D eigenvalue weighted by molar-refractivity contribution is -0.282. The lowest BCUT2D eigenvalue weighted by atomic mass is 9.87. The summed E-state index contributed by atoms with van der Waals surface area (Å²) in [4.78, 5) is 20.8. The maximum absolute atomic E-state index is 14.9. The number of alkyl halides is 3. The third-order valence-corrected chi connectivity index (χ3v) is 4.76. The van der Waals surface area contributed by atoms with E-state index in [0.29, 0.717) is 6.26 Å². The molecule has 0 aliphatic rings. The second-order valence-corrected chi connectivity index (χ2v) is 9.73. The van der Waals surface area contributed by atoms with Crippen LogP contribution < -0.4 is 14.2 Å². The van der Waals surface area contributed by atoms with Crippen molar-refractivity contribution in [2.24, 2.45) is 0 Å². The Balaban J connectivity index is 2.88. The first-order valence-electron chi connectivity index (χ1n) is 9.92. The molecule has 194 valence electrons. The van der Waals surface area contributed by atoms with E-state index in [9.17, 15) is 26.4 Å². The van der Waals surface area contributed by atoms with Crippen molar-refractivity contribution in [2.45, 2.75) is 44.3 Å². The van der Waals surface area contributed by atoms with Crippen LogP contribution in [0.15, 0.2) is 36.4 Å². The second-order valence-electron chi connectivity index (χ2n) is 8.15. The Morgan fingerprint density at radius 1 is 0.971 bits per heavy atom. The van der Waals surface area contributed by atoms with Gasteiger partial charge in [-0.05, 0) is 26.3 Å². The van der Waals surface area contributed by atoms with E-state index >= 15 is 0 Å². The maximum atomic E-state index is 14.9. The number of ether oxygens (including phenoxy) is 4. The number of carbonyl (C=O) groups excluding carboxylic acids is 1. The topological polar surface area (TPSA) is 123 Å². The molecule has 1 aromatic carbocycles. The van der Waals surface area contributed by atoms with Gasteiger partial charge in [0.05, 0.1) is 26.5 Å². The van der Waals surface area contributed by atoms with Crippen molar-refractivity contribution in [2.75, 3.05) is 20.5 Å². The first-order valence-corrected chi connectivity index (χ1v) is 11.7. The Bertz CT molecular complexity index is 1120. The Morgan fingerprint density at radius 2 is 1.49 bits per heavy atom. The lowest BCUT2D eigenvalue weighted by Gasteiger charge is -2.39. The van der Waals surface area contributed by atoms with E-state index < -0.39 is 51.1 Å². The highest BCUT2D eigenvalue weighted by Crippen LogP contribution is 2.47. The van der Waals surface area contributed by atoms with Crippen LogP contribution >= 0.6 is 0 Å². The minimum atomic E-state index is -5.53. The zero-order valence-corrected chi connectivity index (χ0v) is 20.6. The van der Waals surface area contributed by atoms with Crippen LogP contribution in [0.5, 0.6) is 17.8 Å². The highest BCUT2D eigenvalue weighted by atomic mass is 32.2. The lowest BCUT2D eigenvalue weighted by Crippen LogP contribution is -2.60. The van der Waals surface area contributed by atoms with Crippen LogP contribution in [0.2, 0.25) is 0 Å². The molecule has 10 nitrogen and oxygen atoms in total. The molecule has 0 radical (unpaired) electrons. The number of methoxy groups -OCH3 is 2. The molecule has 35 heavy (non-hydrogen) atoms. The fourth-order valence-electron chi connectivity index (χ4n) is 2.93. The zero-order chi connectivity index (χ0) is 26.7. The summed E-state index contributed by atoms with van der Waals surface area (Å²) < 4.78 is 93.9. The standard InChI is InChI=1S/C21H25F3N2O8S/c1-19(2,3)33-17(27)16(32-18-25-14(30-4)12-15(26-18)31-5)20(21(22,23)24,34-35(6,28)29)13-10-8-7-9-11-13/h7-12,16H,1-6H3. The number of hydrogen-bond donors (Lipinski definition) is 0. The molecule has 0 saturated carbocycles. The maximum Gasteiger partial charge on any atom is 0.427 e. The van der Waals surface area contributed by atoms with Crippen molar-refractivity contribution in [3.8, 4) is 17.8 Å². The molecule has 0 N–H and O–H groups in total. The van der Waals surface area contributed by atoms with Crippen molar-refractivity contribution in [1.82, 2.24) is 9.97 Å². The van der Waals surface area contributed by atoms with Gasteiger partial charge in [0, 0.05) is 0 Å². The first kappa shape index (κ1) is 28.1. The minimum Gasteiger partial charge on any atom is -0.481 e. The molecule has 0 bridgehead atoms. The smallest absolute Gasteiger partial charge is 0.427 e. The van der Waals surface area contributed by atoms with E-state index in [1.54, 1.807) is 0 Å². The van der Waals surface area contributed by atoms with Gasteiger partial charge in [0.25, 0.3) is 15.7 Å². The molecule has 1 aromatic heterocycles. The van der Waals surface area contributed by atoms with Gasteiger partial charge in [-0.25, -0.2) is 8.98 Å². The van der Waals surface area contributed by atoms with Crippen molar-refractivity contribution < 1.29 is 49.5 Å². The van der Waals surface area contributed by atoms with E-state index in [-0.39, 0.29) is 11.8 Å². The molecule has 0 aliphatic carbocycles. The fourth-order valence-corrected chi connectivity index (χ4v) is 3.69. The molecule has 0 spiro atoms. The fraction of sp³-hybridized carbons (Fsp3) is 0.476. The molecule has 2 unspecified atom stereocenters. The van der Waals surface area contributed by atoms with Crippen molar-refractivity contribution in [1.29, 1.82) is 0 Å². The van der Waals surface area contributed by atoms with Gasteiger partial charge in [-0.15, -0.1) is 0 Å². The highest BCUT2D eigenvalue weighted by Gasteiger charge is 2.69. The number of hydrogen-bond acceptors (Lipinski definition) is 10. The van der Waals surface area contributed by atoms with Crippen LogP contribution in [-0.2, 0) is 29.4 Å². The Hall–Kier alpha value is -3.13. The summed E-state index contributed by atoms with van der Waals surface area (Å²) in [6, 6.07) is 6.09. The van der Waals surface area contributed by atoms with Crippen LogP contribution in [0, 0.1) is 0 Å². The number of carbonyl (C=O) groups is 1. The average Bonchev–Trinajstić information content (AvgIpc) is 2.73. The molecule has 14 heteroatoms. The third-order valence-electron chi connectivity index (χ3n) is 4.20. The van der Waals surface area contributed by atoms with Gasteiger partial charge in [-0.2, -0.15) is 31.6 Å². The molecule has 0 saturated heterocycles. The third kappa shape index (κ3) is 6.94. The van der Waals surface area contributed by atoms with Gasteiger partial charge in [-0.1, -0.05) is 30.3 Å². The van der Waals surface area contributed by atoms with Gasteiger partial charge in [0.15, 0.2) is 0 Å². The quantitative estimate of drug-likeness (QED) is 0.359. The van der Waals surface area contributed by atoms with E-state index in [1.165, 1.54) is 59.3 Å². The Labute approximate surface area is 200 Å². The number of nitrogens with zero attached hydrogens (tertiary/aromatic N) is 2. The van der Waals surface area contributed by atoms with Crippen LogP contribution in [0.3, 0.4) is 0 Å². The average molecular weight is 522 g/mol. The number of benzene rings is 1. The molecule has 0 fully saturated rings. The number of aromatic nitrogens is 2. The molecule has 2 atom stereocenters. The summed E-state index contributed by atoms with van der Waals surface area (Å²) >= 11 is 0. The highest BCUT2D eigenvalue weighted by molar-refractivity contribution is 7.86. The largest absolute Gasteiger partial charge is 0.481 e. The summed E-state index contributed by atoms with van der Waals surface area (Å²) in [5, 5.41) is 0. The van der Waals surface area contributed by atoms with Crippen LogP contribution in [0.25, 0.3) is 0 Å². The SMILES string of the molecule is COc1cc(OC)nc(OC(C(=O)OC(C)(C)C)C(OS(C)(=O)=O)(c2ccccc2)C(F)(F)F)n1. The van der Waals surface area contributed by atoms with E-state index in [1.807, 2.05) is 0 Å². The zero-order valence-electron chi connectivity index (χ0n) is 19.7. The number of halogens is 3. The minimum absolute atomic E-state index is 0.170. The molecular formula is C21H25F3N2O8S. The van der Waals surface area contributed by atoms with Gasteiger partial charge in [-0.3, -0.25) is 0 Å². The van der Waals surface area contributed by atoms with Gasteiger partial charge in [0.1, 0.15) is 5.60 Å². The molecule has 1 heterocycles. The summed E-state index contributed by atoms with van der Waals surface area (Å²) in [5.41, 5.74) is -5.92. The van der Waals surface area contributed by atoms with E-state index in [4.69, 9.17) is 18.9 Å². The predicted molar refractivity (Wildman–Crippen MR) is 116 cm³/mol. The summed E-state index contributed by atoms with van der Waals surface area (Å²) in [5.74, 6) is -1.93. The summed E-state index contributed by atoms with van der Waals surface area (Å²) in [6.45, 7) is 4.22. The number of rotatable bonds is 9. The molecule has 0 aliphatic heterocycles. The predicted octanol–water partition coefficient (Wildman–Crippen LogP) is 3.02. The van der Waals surface area contributed by atoms with Crippen molar-refractivity contribution in [3.05, 3.63) is 42.0 Å². The van der Waals surface area contributed by atoms with Gasteiger partial charge < -0.3 is 18.9 Å². The molecule has 2 aromatic rings. The van der Waals surface area contributed by atoms with Crippen molar-refractivity contribution in [3.63, 3.8) is 0 Å². The number of esters is 1. The van der Waals surface area contributed by atoms with Crippen molar-refractivity contribution >= 4 is 16.1 Å². The molecule has 2 rings (SSSR count). The monoisotopic (exact) mass is 522 g/mol. The van der Waals surface area contributed by atoms with Crippen LogP contribution in [-0.4, -0.2) is 62.7 Å². The van der Waals surface area contributed by atoms with Crippen LogP contribution in [0.4, 0.5) is 13.2 Å². The van der Waals surface area contributed by atoms with Gasteiger partial charge in [0.2, 0.25) is 17.9 Å². The second kappa shape index (κ2) is 10.2. The summed E-state index contributed by atoms with van der Waals surface area (Å²) in [7, 11) is -2.42. The van der Waals surface area contributed by atoms with E-state index in [0.717, 1.165) is 12.1 Å². The Morgan fingerprint density at radius 3 is 1.89 bits per heavy atom. The van der Waals surface area contributed by atoms with Gasteiger partial charge >= 0.3 is 18.2 Å². The first-order chi connectivity index (χ1) is 16.0. The van der Waals surface area contributed by atoms with Crippen LogP contribution in [0.1, 0.15) is 26.3 Å². The summed E-state index contributed by atoms with van der Waals surface area (Å²) in [6.07, 6.45) is -7.90.